The smallest absolute Gasteiger partial charge is 0.321 e. The number of urea groups is 1. The number of likely N-dealkylation sites (tertiary alicyclic amines) is 1. The first-order chi connectivity index (χ1) is 14.1. The van der Waals surface area contributed by atoms with Gasteiger partial charge in [-0.3, -0.25) is 14.7 Å². The van der Waals surface area contributed by atoms with E-state index < -0.39 is 0 Å². The topological polar surface area (TPSA) is 38.8 Å². The standard InChI is InChI=1S/C23H29FN4O/c1-26(15-18-8-10-20(11-9-18)28-14-12-25-23(28)29)21-6-4-13-27(17-21)16-19-5-2-3-7-22(19)24/h2-3,5,7-11,21H,4,6,12-17H2,1H3,(H,25,29). The van der Waals surface area contributed by atoms with Crippen molar-refractivity contribution in [1.29, 1.82) is 0 Å². The van der Waals surface area contributed by atoms with Crippen LogP contribution in [-0.4, -0.2) is 55.1 Å². The van der Waals surface area contributed by atoms with E-state index in [2.05, 4.69) is 34.3 Å². The van der Waals surface area contributed by atoms with Crippen molar-refractivity contribution in [2.24, 2.45) is 0 Å². The molecule has 154 valence electrons. The minimum atomic E-state index is -0.116. The Morgan fingerprint density at radius 3 is 2.66 bits per heavy atom. The summed E-state index contributed by atoms with van der Waals surface area (Å²) in [6.45, 7) is 4.93. The third-order valence-electron chi connectivity index (χ3n) is 5.99. The maximum atomic E-state index is 14.0. The highest BCUT2D eigenvalue weighted by molar-refractivity contribution is 5.93. The number of nitrogens with zero attached hydrogens (tertiary/aromatic N) is 3. The minimum absolute atomic E-state index is 0.0213. The summed E-state index contributed by atoms with van der Waals surface area (Å²) in [5.41, 5.74) is 2.96. The van der Waals surface area contributed by atoms with Crippen molar-refractivity contribution < 1.29 is 9.18 Å². The molecule has 4 rings (SSSR count). The number of anilines is 1. The number of hydrogen-bond donors (Lipinski definition) is 1. The number of carbonyl (C=O) groups is 1. The molecule has 1 unspecified atom stereocenters. The largest absolute Gasteiger partial charge is 0.336 e. The molecule has 6 heteroatoms. The number of nitrogens with one attached hydrogen (secondary N) is 1. The van der Waals surface area contributed by atoms with E-state index in [1.54, 1.807) is 17.0 Å². The van der Waals surface area contributed by atoms with Crippen molar-refractivity contribution in [2.45, 2.75) is 32.0 Å². The molecule has 0 saturated carbocycles. The van der Waals surface area contributed by atoms with Crippen molar-refractivity contribution >= 4 is 11.7 Å². The number of rotatable bonds is 6. The third kappa shape index (κ3) is 4.77. The predicted octanol–water partition coefficient (Wildman–Crippen LogP) is 3.45. The van der Waals surface area contributed by atoms with Crippen LogP contribution in [0.1, 0.15) is 24.0 Å². The Hall–Kier alpha value is -2.44. The number of hydrogen-bond acceptors (Lipinski definition) is 3. The molecule has 1 N–H and O–H groups in total. The SMILES string of the molecule is CN(Cc1ccc(N2CCNC2=O)cc1)C1CCCN(Cc2ccccc2F)C1. The van der Waals surface area contributed by atoms with Gasteiger partial charge in [0.15, 0.2) is 0 Å². The molecule has 0 aromatic heterocycles. The van der Waals surface area contributed by atoms with Gasteiger partial charge in [0.05, 0.1) is 0 Å². The highest BCUT2D eigenvalue weighted by atomic mass is 19.1. The van der Waals surface area contributed by atoms with Crippen LogP contribution in [0.25, 0.3) is 0 Å². The summed E-state index contributed by atoms with van der Waals surface area (Å²) < 4.78 is 14.0. The fourth-order valence-corrected chi connectivity index (χ4v) is 4.32. The van der Waals surface area contributed by atoms with Gasteiger partial charge in [0.1, 0.15) is 5.82 Å². The van der Waals surface area contributed by atoms with Crippen LogP contribution in [0.2, 0.25) is 0 Å². The van der Waals surface area contributed by atoms with Crippen LogP contribution >= 0.6 is 0 Å². The predicted molar refractivity (Wildman–Crippen MR) is 113 cm³/mol. The fraction of sp³-hybridized carbons (Fsp3) is 0.435. The second-order valence-corrected chi connectivity index (χ2v) is 8.09. The molecule has 2 heterocycles. The lowest BCUT2D eigenvalue weighted by molar-refractivity contribution is 0.106. The molecule has 0 radical (unpaired) electrons. The average molecular weight is 397 g/mol. The first-order valence-electron chi connectivity index (χ1n) is 10.4. The van der Waals surface area contributed by atoms with Crippen LogP contribution in [0.3, 0.4) is 0 Å². The first kappa shape index (κ1) is 19.9. The van der Waals surface area contributed by atoms with E-state index in [0.29, 0.717) is 19.1 Å². The van der Waals surface area contributed by atoms with E-state index in [1.807, 2.05) is 24.3 Å². The molecule has 2 fully saturated rings. The summed E-state index contributed by atoms with van der Waals surface area (Å²) in [7, 11) is 2.17. The second kappa shape index (κ2) is 8.93. The number of halogens is 1. The number of benzene rings is 2. The van der Waals surface area contributed by atoms with Crippen molar-refractivity contribution in [3.63, 3.8) is 0 Å². The average Bonchev–Trinajstić information content (AvgIpc) is 3.16. The van der Waals surface area contributed by atoms with Gasteiger partial charge in [-0.25, -0.2) is 9.18 Å². The molecule has 2 aromatic rings. The van der Waals surface area contributed by atoms with Gasteiger partial charge in [-0.1, -0.05) is 30.3 Å². The highest BCUT2D eigenvalue weighted by Gasteiger charge is 2.24. The molecule has 29 heavy (non-hydrogen) atoms. The Bertz CT molecular complexity index is 841. The summed E-state index contributed by atoms with van der Waals surface area (Å²) in [4.78, 5) is 18.3. The lowest BCUT2D eigenvalue weighted by Gasteiger charge is -2.37. The molecule has 2 aromatic carbocycles. The molecule has 2 amide bonds. The van der Waals surface area contributed by atoms with E-state index in [4.69, 9.17) is 0 Å². The van der Waals surface area contributed by atoms with E-state index in [1.165, 1.54) is 5.56 Å². The van der Waals surface area contributed by atoms with Gasteiger partial charge in [0, 0.05) is 50.0 Å². The molecule has 1 atom stereocenters. The molecular formula is C23H29FN4O. The van der Waals surface area contributed by atoms with Crippen molar-refractivity contribution in [2.75, 3.05) is 38.1 Å². The molecular weight excluding hydrogens is 367 g/mol. The normalized spacial score (nSPS) is 20.3. The Morgan fingerprint density at radius 2 is 1.93 bits per heavy atom. The third-order valence-corrected chi connectivity index (χ3v) is 5.99. The number of likely N-dealkylation sites (N-methyl/N-ethyl adjacent to an activating group) is 1. The second-order valence-electron chi connectivity index (χ2n) is 8.09. The maximum Gasteiger partial charge on any atom is 0.321 e. The fourth-order valence-electron chi connectivity index (χ4n) is 4.32. The van der Waals surface area contributed by atoms with E-state index in [9.17, 15) is 9.18 Å². The van der Waals surface area contributed by atoms with Crippen molar-refractivity contribution in [3.05, 3.63) is 65.5 Å². The summed E-state index contributed by atoms with van der Waals surface area (Å²) >= 11 is 0. The molecule has 0 spiro atoms. The van der Waals surface area contributed by atoms with Crippen LogP contribution in [0, 0.1) is 5.82 Å². The van der Waals surface area contributed by atoms with Crippen molar-refractivity contribution in [3.8, 4) is 0 Å². The minimum Gasteiger partial charge on any atom is -0.336 e. The van der Waals surface area contributed by atoms with Gasteiger partial charge in [0.2, 0.25) is 0 Å². The van der Waals surface area contributed by atoms with E-state index in [0.717, 1.165) is 50.3 Å². The summed E-state index contributed by atoms with van der Waals surface area (Å²) in [5, 5.41) is 2.83. The van der Waals surface area contributed by atoms with Crippen LogP contribution in [0.4, 0.5) is 14.9 Å². The Morgan fingerprint density at radius 1 is 1.14 bits per heavy atom. The van der Waals surface area contributed by atoms with Gasteiger partial charge in [-0.2, -0.15) is 0 Å². The maximum absolute atomic E-state index is 14.0. The van der Waals surface area contributed by atoms with Gasteiger partial charge in [-0.15, -0.1) is 0 Å². The van der Waals surface area contributed by atoms with Gasteiger partial charge in [0.25, 0.3) is 0 Å². The quantitative estimate of drug-likeness (QED) is 0.813. The Balaban J connectivity index is 1.33. The molecule has 0 aliphatic carbocycles. The lowest BCUT2D eigenvalue weighted by Crippen LogP contribution is -2.45. The van der Waals surface area contributed by atoms with E-state index >= 15 is 0 Å². The van der Waals surface area contributed by atoms with Crippen LogP contribution in [0.15, 0.2) is 48.5 Å². The monoisotopic (exact) mass is 396 g/mol. The van der Waals surface area contributed by atoms with Crippen LogP contribution < -0.4 is 10.2 Å². The van der Waals surface area contributed by atoms with Gasteiger partial charge >= 0.3 is 6.03 Å². The zero-order chi connectivity index (χ0) is 20.2. The Labute approximate surface area is 172 Å². The molecule has 0 bridgehead atoms. The zero-order valence-electron chi connectivity index (χ0n) is 17.0. The lowest BCUT2D eigenvalue weighted by atomic mass is 10.0. The molecule has 2 aliphatic rings. The Kier molecular flexibility index (Phi) is 6.11. The number of piperidine rings is 1. The van der Waals surface area contributed by atoms with Crippen molar-refractivity contribution in [1.82, 2.24) is 15.1 Å². The zero-order valence-corrected chi connectivity index (χ0v) is 17.0. The summed E-state index contributed by atoms with van der Waals surface area (Å²) in [5.74, 6) is -0.116. The van der Waals surface area contributed by atoms with Crippen LogP contribution in [0.5, 0.6) is 0 Å². The number of amides is 2. The molecule has 5 nitrogen and oxygen atoms in total. The van der Waals surface area contributed by atoms with E-state index in [-0.39, 0.29) is 11.8 Å². The summed E-state index contributed by atoms with van der Waals surface area (Å²) in [6.07, 6.45) is 2.29. The molecule has 2 aliphatic heterocycles. The van der Waals surface area contributed by atoms with Crippen LogP contribution in [-0.2, 0) is 13.1 Å². The highest BCUT2D eigenvalue weighted by Crippen LogP contribution is 2.22. The van der Waals surface area contributed by atoms with Gasteiger partial charge < -0.3 is 5.32 Å². The molecule has 2 saturated heterocycles. The summed E-state index contributed by atoms with van der Waals surface area (Å²) in [6, 6.07) is 15.8. The van der Waals surface area contributed by atoms with Gasteiger partial charge in [-0.05, 0) is 50.2 Å². The number of carbonyl (C=O) groups excluding carboxylic acids is 1. The first-order valence-corrected chi connectivity index (χ1v) is 10.4.